The summed E-state index contributed by atoms with van der Waals surface area (Å²) in [5.74, 6) is 0. The molecule has 1 aliphatic rings. The second kappa shape index (κ2) is 4.24. The van der Waals surface area contributed by atoms with Gasteiger partial charge in [0, 0.05) is 0 Å². The van der Waals surface area contributed by atoms with Crippen LogP contribution in [0.5, 0.6) is 0 Å². The second-order valence-electron chi connectivity index (χ2n) is 4.85. The molecule has 18 heavy (non-hydrogen) atoms. The number of nitriles is 1. The maximum absolute atomic E-state index is 10.5. The number of benzene rings is 1. The number of rotatable bonds is 2. The molecule has 0 spiro atoms. The van der Waals surface area contributed by atoms with Gasteiger partial charge in [-0.1, -0.05) is 24.3 Å². The number of thiophene rings is 1. The van der Waals surface area contributed by atoms with Crippen molar-refractivity contribution in [3.05, 3.63) is 57.8 Å². The van der Waals surface area contributed by atoms with E-state index in [1.807, 2.05) is 29.0 Å². The number of hydrogen-bond donors (Lipinski definition) is 1. The summed E-state index contributed by atoms with van der Waals surface area (Å²) < 4.78 is 0. The Morgan fingerprint density at radius 1 is 1.22 bits per heavy atom. The number of aliphatic hydroxyl groups is 1. The topological polar surface area (TPSA) is 44.0 Å². The van der Waals surface area contributed by atoms with Gasteiger partial charge in [0.15, 0.2) is 0 Å². The molecule has 2 nitrogen and oxygen atoms in total. The van der Waals surface area contributed by atoms with Crippen molar-refractivity contribution in [2.45, 2.75) is 18.9 Å². The second-order valence-corrected chi connectivity index (χ2v) is 5.63. The van der Waals surface area contributed by atoms with E-state index in [4.69, 9.17) is 0 Å². The molecule has 3 rings (SSSR count). The molecule has 1 heterocycles. The van der Waals surface area contributed by atoms with E-state index in [2.05, 4.69) is 18.2 Å². The van der Waals surface area contributed by atoms with Gasteiger partial charge < -0.3 is 5.11 Å². The van der Waals surface area contributed by atoms with E-state index in [0.29, 0.717) is 12.8 Å². The molecule has 1 unspecified atom stereocenters. The van der Waals surface area contributed by atoms with Crippen molar-refractivity contribution in [2.75, 3.05) is 0 Å². The molecule has 0 aliphatic heterocycles. The van der Waals surface area contributed by atoms with Gasteiger partial charge in [0.1, 0.15) is 0 Å². The lowest BCUT2D eigenvalue weighted by molar-refractivity contribution is 0.0697. The summed E-state index contributed by atoms with van der Waals surface area (Å²) >= 11 is 1.55. The van der Waals surface area contributed by atoms with Crippen molar-refractivity contribution in [3.63, 3.8) is 0 Å². The van der Waals surface area contributed by atoms with Crippen LogP contribution in [0.15, 0.2) is 41.1 Å². The van der Waals surface area contributed by atoms with Gasteiger partial charge >= 0.3 is 0 Å². The fourth-order valence-corrected chi connectivity index (χ4v) is 3.41. The van der Waals surface area contributed by atoms with E-state index in [-0.39, 0.29) is 0 Å². The van der Waals surface area contributed by atoms with Crippen molar-refractivity contribution >= 4 is 11.3 Å². The fourth-order valence-electron chi connectivity index (χ4n) is 2.73. The first-order valence-corrected chi connectivity index (χ1v) is 6.88. The van der Waals surface area contributed by atoms with Crippen LogP contribution in [0.1, 0.15) is 22.8 Å². The van der Waals surface area contributed by atoms with Crippen molar-refractivity contribution in [2.24, 2.45) is 5.41 Å². The lowest BCUT2D eigenvalue weighted by Gasteiger charge is -2.26. The molecule has 0 bridgehead atoms. The maximum atomic E-state index is 10.5. The largest absolute Gasteiger partial charge is 0.387 e. The summed E-state index contributed by atoms with van der Waals surface area (Å²) in [6.45, 7) is 0. The smallest absolute Gasteiger partial charge is 0.0990 e. The summed E-state index contributed by atoms with van der Waals surface area (Å²) in [5, 5.41) is 23.9. The van der Waals surface area contributed by atoms with Crippen LogP contribution in [-0.2, 0) is 12.8 Å². The predicted molar refractivity (Wildman–Crippen MR) is 71.2 cm³/mol. The Hall–Kier alpha value is -1.63. The molecule has 0 saturated carbocycles. The molecule has 1 aromatic heterocycles. The molecule has 1 N–H and O–H groups in total. The number of fused-ring (bicyclic) bond motifs is 1. The third-order valence-electron chi connectivity index (χ3n) is 3.74. The van der Waals surface area contributed by atoms with Crippen LogP contribution in [0.25, 0.3) is 0 Å². The van der Waals surface area contributed by atoms with Gasteiger partial charge in [-0.2, -0.15) is 16.6 Å². The zero-order valence-corrected chi connectivity index (χ0v) is 10.7. The molecular formula is C15H13NOS. The Balaban J connectivity index is 1.98. The van der Waals surface area contributed by atoms with E-state index in [0.717, 1.165) is 5.56 Å². The number of aliphatic hydroxyl groups excluding tert-OH is 1. The maximum Gasteiger partial charge on any atom is 0.0990 e. The van der Waals surface area contributed by atoms with Crippen molar-refractivity contribution in [1.82, 2.24) is 0 Å². The molecule has 90 valence electrons. The average Bonchev–Trinajstić information content (AvgIpc) is 3.05. The molecule has 2 aromatic rings. The van der Waals surface area contributed by atoms with E-state index < -0.39 is 11.5 Å². The van der Waals surface area contributed by atoms with E-state index in [1.54, 1.807) is 11.3 Å². The Morgan fingerprint density at radius 3 is 2.39 bits per heavy atom. The normalized spacial score (nSPS) is 18.0. The minimum Gasteiger partial charge on any atom is -0.387 e. The summed E-state index contributed by atoms with van der Waals surface area (Å²) in [7, 11) is 0. The van der Waals surface area contributed by atoms with E-state index in [9.17, 15) is 10.4 Å². The Kier molecular flexibility index (Phi) is 2.70. The number of hydrogen-bond acceptors (Lipinski definition) is 3. The minimum absolute atomic E-state index is 0.636. The SMILES string of the molecule is N#CC1(C(O)c2ccsc2)Cc2ccccc2C1. The molecule has 1 aliphatic carbocycles. The summed E-state index contributed by atoms with van der Waals surface area (Å²) in [4.78, 5) is 0. The molecule has 1 atom stereocenters. The monoisotopic (exact) mass is 255 g/mol. The third kappa shape index (κ3) is 1.66. The van der Waals surface area contributed by atoms with Gasteiger partial charge in [-0.25, -0.2) is 0 Å². The van der Waals surface area contributed by atoms with Crippen molar-refractivity contribution < 1.29 is 5.11 Å². The summed E-state index contributed by atoms with van der Waals surface area (Å²) in [6.07, 6.45) is 0.564. The quantitative estimate of drug-likeness (QED) is 0.896. The van der Waals surface area contributed by atoms with Crippen LogP contribution in [0.3, 0.4) is 0 Å². The number of nitrogens with zero attached hydrogens (tertiary/aromatic N) is 1. The van der Waals surface area contributed by atoms with Gasteiger partial charge in [0.05, 0.1) is 17.6 Å². The van der Waals surface area contributed by atoms with Crippen molar-refractivity contribution in [1.29, 1.82) is 5.26 Å². The van der Waals surface area contributed by atoms with Crippen LogP contribution < -0.4 is 0 Å². The Bertz CT molecular complexity index is 572. The zero-order chi connectivity index (χ0) is 12.6. The summed E-state index contributed by atoms with van der Waals surface area (Å²) in [6, 6.07) is 12.3. The van der Waals surface area contributed by atoms with Crippen molar-refractivity contribution in [3.8, 4) is 6.07 Å². The van der Waals surface area contributed by atoms with Crippen LogP contribution in [0.4, 0.5) is 0 Å². The summed E-state index contributed by atoms with van der Waals surface area (Å²) in [5.41, 5.74) is 2.53. The molecule has 0 amide bonds. The standard InChI is InChI=1S/C15H13NOS/c16-10-15(14(17)13-5-6-18-9-13)7-11-3-1-2-4-12(11)8-15/h1-6,9,14,17H,7-8H2. The first kappa shape index (κ1) is 11.5. The highest BCUT2D eigenvalue weighted by Gasteiger charge is 2.44. The van der Waals surface area contributed by atoms with Crippen LogP contribution in [0.2, 0.25) is 0 Å². The van der Waals surface area contributed by atoms with Gasteiger partial charge in [0.25, 0.3) is 0 Å². The fraction of sp³-hybridized carbons (Fsp3) is 0.267. The average molecular weight is 255 g/mol. The lowest BCUT2D eigenvalue weighted by Crippen LogP contribution is -2.27. The lowest BCUT2D eigenvalue weighted by atomic mass is 9.78. The molecule has 0 fully saturated rings. The molecule has 0 saturated heterocycles. The van der Waals surface area contributed by atoms with Crippen LogP contribution in [0, 0.1) is 16.7 Å². The highest BCUT2D eigenvalue weighted by molar-refractivity contribution is 7.07. The Morgan fingerprint density at radius 2 is 1.89 bits per heavy atom. The van der Waals surface area contributed by atoms with Crippen LogP contribution >= 0.6 is 11.3 Å². The Labute approximate surface area is 110 Å². The van der Waals surface area contributed by atoms with Gasteiger partial charge in [0.2, 0.25) is 0 Å². The first-order valence-electron chi connectivity index (χ1n) is 5.93. The molecule has 0 radical (unpaired) electrons. The van der Waals surface area contributed by atoms with Gasteiger partial charge in [-0.05, 0) is 46.4 Å². The molecule has 3 heteroatoms. The highest BCUT2D eigenvalue weighted by Crippen LogP contribution is 2.45. The zero-order valence-electron chi connectivity index (χ0n) is 9.84. The molecular weight excluding hydrogens is 242 g/mol. The van der Waals surface area contributed by atoms with Gasteiger partial charge in [-0.3, -0.25) is 0 Å². The highest BCUT2D eigenvalue weighted by atomic mass is 32.1. The third-order valence-corrected chi connectivity index (χ3v) is 4.44. The first-order chi connectivity index (χ1) is 8.75. The van der Waals surface area contributed by atoms with Crippen LogP contribution in [-0.4, -0.2) is 5.11 Å². The van der Waals surface area contributed by atoms with E-state index >= 15 is 0 Å². The minimum atomic E-state index is -0.707. The van der Waals surface area contributed by atoms with E-state index in [1.165, 1.54) is 11.1 Å². The molecule has 1 aromatic carbocycles. The van der Waals surface area contributed by atoms with Gasteiger partial charge in [-0.15, -0.1) is 0 Å². The predicted octanol–water partition coefficient (Wildman–Crippen LogP) is 3.09.